The van der Waals surface area contributed by atoms with E-state index in [0.717, 1.165) is 70.6 Å². The van der Waals surface area contributed by atoms with E-state index in [-0.39, 0.29) is 6.42 Å². The number of hydrogen-bond acceptors (Lipinski definition) is 17. The Balaban J connectivity index is 1.96. The Hall–Kier alpha value is -2.13. The molecule has 1 aliphatic heterocycles. The number of hydrogen-bond donors (Lipinski definition) is 9. The highest BCUT2D eigenvalue weighted by Crippen LogP contribution is 2.48. The van der Waals surface area contributed by atoms with Crippen LogP contribution in [0.1, 0.15) is 181 Å². The van der Waals surface area contributed by atoms with Crippen LogP contribution in [0.15, 0.2) is 36.5 Å². The van der Waals surface area contributed by atoms with Gasteiger partial charge in [-0.3, -0.25) is 13.8 Å². The van der Waals surface area contributed by atoms with Crippen LogP contribution in [0.4, 0.5) is 0 Å². The Morgan fingerprint density at radius 3 is 1.59 bits per heavy atom. The van der Waals surface area contributed by atoms with Gasteiger partial charge in [-0.1, -0.05) is 160 Å². The number of aliphatic hydroxyl groups is 8. The molecule has 70 heavy (non-hydrogen) atoms. The van der Waals surface area contributed by atoms with E-state index in [1.54, 1.807) is 6.08 Å². The van der Waals surface area contributed by atoms with E-state index in [2.05, 4.69) is 26.0 Å². The molecular formula is C51H91O18P. The van der Waals surface area contributed by atoms with Gasteiger partial charge in [-0.15, -0.1) is 0 Å². The molecule has 0 radical (unpaired) electrons. The van der Waals surface area contributed by atoms with E-state index in [0.29, 0.717) is 6.42 Å². The maximum Gasteiger partial charge on any atom is 0.472 e. The first-order chi connectivity index (χ1) is 33.7. The van der Waals surface area contributed by atoms with Crippen LogP contribution in [0.25, 0.3) is 0 Å². The molecular weight excluding hydrogens is 932 g/mol. The van der Waals surface area contributed by atoms with Crippen LogP contribution in [0.5, 0.6) is 0 Å². The van der Waals surface area contributed by atoms with E-state index in [9.17, 15) is 59.9 Å². The van der Waals surface area contributed by atoms with Crippen LogP contribution in [0, 0.1) is 0 Å². The van der Waals surface area contributed by atoms with Crippen LogP contribution in [0.3, 0.4) is 0 Å². The van der Waals surface area contributed by atoms with Crippen molar-refractivity contribution in [2.75, 3.05) is 19.8 Å². The highest BCUT2D eigenvalue weighted by molar-refractivity contribution is 7.47. The van der Waals surface area contributed by atoms with Crippen molar-refractivity contribution in [3.8, 4) is 0 Å². The molecule has 408 valence electrons. The van der Waals surface area contributed by atoms with Crippen molar-refractivity contribution in [2.24, 2.45) is 0 Å². The van der Waals surface area contributed by atoms with Crippen molar-refractivity contribution < 1.29 is 87.9 Å². The number of aliphatic hydroxyl groups excluding tert-OH is 8. The molecule has 9 N–H and O–H groups in total. The highest BCUT2D eigenvalue weighted by Gasteiger charge is 2.55. The lowest BCUT2D eigenvalue weighted by molar-refractivity contribution is -0.338. The summed E-state index contributed by atoms with van der Waals surface area (Å²) in [5.74, 6) is -1.47. The Labute approximate surface area is 417 Å². The number of phosphoric acid groups is 1. The molecule has 2 fully saturated rings. The first-order valence-corrected chi connectivity index (χ1v) is 27.8. The van der Waals surface area contributed by atoms with Gasteiger partial charge in [0, 0.05) is 12.5 Å². The van der Waals surface area contributed by atoms with Crippen molar-refractivity contribution in [2.45, 2.75) is 254 Å². The van der Waals surface area contributed by atoms with E-state index in [4.69, 9.17) is 28.0 Å². The monoisotopic (exact) mass is 1020 g/mol. The SMILES string of the molecule is CCCCCC/C=C\CCCCCCCCCC(=O)OC(COC(=O)/C=C/C=C/CCCCCCCCCCCCC)COP(=O)(O)OC1C(O)C(O)C(O)C(O)C1OC1OC(CO)C(O)C(O)C1O. The molecule has 13 unspecified atom stereocenters. The van der Waals surface area contributed by atoms with Gasteiger partial charge in [-0.2, -0.15) is 0 Å². The van der Waals surface area contributed by atoms with Crippen LogP contribution >= 0.6 is 7.82 Å². The number of esters is 2. The third-order valence-corrected chi connectivity index (χ3v) is 13.7. The molecule has 0 spiro atoms. The number of carbonyl (C=O) groups is 2. The molecule has 2 aliphatic rings. The fraction of sp³-hybridized carbons (Fsp3) is 0.843. The summed E-state index contributed by atoms with van der Waals surface area (Å²) in [6, 6.07) is 0. The molecule has 0 aromatic heterocycles. The molecule has 18 nitrogen and oxygen atoms in total. The number of allylic oxidation sites excluding steroid dienone is 5. The van der Waals surface area contributed by atoms with Gasteiger partial charge in [0.1, 0.15) is 67.6 Å². The second-order valence-electron chi connectivity index (χ2n) is 18.8. The van der Waals surface area contributed by atoms with Gasteiger partial charge in [-0.05, 0) is 44.9 Å². The van der Waals surface area contributed by atoms with Gasteiger partial charge in [-0.25, -0.2) is 9.36 Å². The van der Waals surface area contributed by atoms with E-state index in [1.807, 2.05) is 6.08 Å². The maximum absolute atomic E-state index is 13.4. The largest absolute Gasteiger partial charge is 0.472 e. The molecule has 0 amide bonds. The van der Waals surface area contributed by atoms with Crippen LogP contribution in [-0.4, -0.2) is 151 Å². The second kappa shape index (κ2) is 38.4. The number of ether oxygens (including phenoxy) is 4. The molecule has 1 saturated carbocycles. The maximum atomic E-state index is 13.4. The number of phosphoric ester groups is 1. The first-order valence-electron chi connectivity index (χ1n) is 26.4. The normalized spacial score (nSPS) is 27.6. The molecule has 1 heterocycles. The summed E-state index contributed by atoms with van der Waals surface area (Å²) in [5, 5.41) is 83.0. The number of carbonyl (C=O) groups excluding carboxylic acids is 2. The lowest BCUT2D eigenvalue weighted by atomic mass is 9.84. The smallest absolute Gasteiger partial charge is 0.458 e. The molecule has 19 heteroatoms. The van der Waals surface area contributed by atoms with Gasteiger partial charge in [0.15, 0.2) is 12.4 Å². The van der Waals surface area contributed by atoms with Crippen LogP contribution in [-0.2, 0) is 42.1 Å². The minimum absolute atomic E-state index is 0.00788. The minimum atomic E-state index is -5.40. The van der Waals surface area contributed by atoms with Gasteiger partial charge >= 0.3 is 19.8 Å². The summed E-state index contributed by atoms with van der Waals surface area (Å²) in [6.07, 6.45) is 15.7. The Morgan fingerprint density at radius 1 is 0.571 bits per heavy atom. The van der Waals surface area contributed by atoms with Gasteiger partial charge in [0.25, 0.3) is 0 Å². The lowest BCUT2D eigenvalue weighted by Crippen LogP contribution is -2.67. The summed E-state index contributed by atoms with van der Waals surface area (Å²) >= 11 is 0. The molecule has 0 aromatic rings. The third kappa shape index (κ3) is 26.7. The molecule has 2 rings (SSSR count). The predicted molar refractivity (Wildman–Crippen MR) is 263 cm³/mol. The van der Waals surface area contributed by atoms with E-state index < -0.39 is 113 Å². The average Bonchev–Trinajstić information content (AvgIpc) is 3.34. The van der Waals surface area contributed by atoms with Crippen molar-refractivity contribution in [1.29, 1.82) is 0 Å². The molecule has 1 aliphatic carbocycles. The molecule has 1 saturated heterocycles. The number of rotatable bonds is 40. The topological polar surface area (TPSA) is 289 Å². The zero-order valence-electron chi connectivity index (χ0n) is 42.0. The van der Waals surface area contributed by atoms with Gasteiger partial charge in [0.2, 0.25) is 0 Å². The summed E-state index contributed by atoms with van der Waals surface area (Å²) in [7, 11) is -5.40. The van der Waals surface area contributed by atoms with E-state index in [1.165, 1.54) is 95.6 Å². The quantitative estimate of drug-likeness (QED) is 0.00797. The molecule has 0 aromatic carbocycles. The van der Waals surface area contributed by atoms with Crippen molar-refractivity contribution in [1.82, 2.24) is 0 Å². The van der Waals surface area contributed by atoms with Gasteiger partial charge < -0.3 is 64.7 Å². The minimum Gasteiger partial charge on any atom is -0.458 e. The number of unbranched alkanes of at least 4 members (excludes halogenated alkanes) is 22. The van der Waals surface area contributed by atoms with E-state index >= 15 is 0 Å². The zero-order chi connectivity index (χ0) is 51.6. The van der Waals surface area contributed by atoms with Crippen molar-refractivity contribution in [3.05, 3.63) is 36.5 Å². The fourth-order valence-corrected chi connectivity index (χ4v) is 9.29. The summed E-state index contributed by atoms with van der Waals surface area (Å²) < 4.78 is 45.3. The second-order valence-corrected chi connectivity index (χ2v) is 20.2. The average molecular weight is 1020 g/mol. The molecule has 0 bridgehead atoms. The first kappa shape index (κ1) is 64.0. The summed E-state index contributed by atoms with van der Waals surface area (Å²) in [4.78, 5) is 36.5. The summed E-state index contributed by atoms with van der Waals surface area (Å²) in [5.41, 5.74) is 0. The van der Waals surface area contributed by atoms with Gasteiger partial charge in [0.05, 0.1) is 13.2 Å². The highest BCUT2D eigenvalue weighted by atomic mass is 31.2. The Kier molecular flexibility index (Phi) is 35.1. The Bertz CT molecular complexity index is 1500. The summed E-state index contributed by atoms with van der Waals surface area (Å²) in [6.45, 7) is 2.11. The fourth-order valence-electron chi connectivity index (χ4n) is 8.32. The van der Waals surface area contributed by atoms with Crippen LogP contribution in [0.2, 0.25) is 0 Å². The Morgan fingerprint density at radius 2 is 1.04 bits per heavy atom. The van der Waals surface area contributed by atoms with Crippen molar-refractivity contribution >= 4 is 19.8 Å². The third-order valence-electron chi connectivity index (χ3n) is 12.7. The lowest BCUT2D eigenvalue weighted by Gasteiger charge is -2.47. The van der Waals surface area contributed by atoms with Crippen LogP contribution < -0.4 is 0 Å². The molecule has 13 atom stereocenters. The van der Waals surface area contributed by atoms with Crippen molar-refractivity contribution in [3.63, 3.8) is 0 Å². The zero-order valence-corrected chi connectivity index (χ0v) is 42.9. The standard InChI is InChI=1S/C51H91O18P/c1-3-5-7-9-11-13-15-17-19-21-23-25-27-29-31-33-40(53)64-36-38(66-41(54)34-32-30-28-26-24-22-20-18-16-14-12-10-8-6-4-2)37-65-70(62,63)69-50-47(60)45(58)44(57)46(59)49(50)68-51-48(61)43(56)42(55)39(35-52)67-51/h14,16,27,29,31,33,38-39,42-52,55-61H,3-13,15,17-26,28,30,32,34-37H2,1-2H3,(H,62,63)/b16-14-,29-27+,33-31+. The predicted octanol–water partition coefficient (Wildman–Crippen LogP) is 6.44.